The first-order chi connectivity index (χ1) is 17.8. The van der Waals surface area contributed by atoms with Gasteiger partial charge < -0.3 is 9.94 Å². The van der Waals surface area contributed by atoms with Crippen LogP contribution in [0.5, 0.6) is 0 Å². The molecule has 0 aliphatic heterocycles. The van der Waals surface area contributed by atoms with Gasteiger partial charge in [0.1, 0.15) is 11.6 Å². The molecule has 0 saturated carbocycles. The van der Waals surface area contributed by atoms with Gasteiger partial charge in [0.05, 0.1) is 18.4 Å². The van der Waals surface area contributed by atoms with E-state index in [9.17, 15) is 14.4 Å². The maximum atomic E-state index is 15.1. The van der Waals surface area contributed by atoms with Crippen LogP contribution in [-0.4, -0.2) is 29.0 Å². The van der Waals surface area contributed by atoms with Crippen LogP contribution in [0, 0.1) is 18.6 Å². The Morgan fingerprint density at radius 1 is 1.00 bits per heavy atom. The van der Waals surface area contributed by atoms with Crippen molar-refractivity contribution in [2.75, 3.05) is 7.11 Å². The highest BCUT2D eigenvalue weighted by Gasteiger charge is 2.22. The molecule has 0 radical (unpaired) electrons. The van der Waals surface area contributed by atoms with E-state index in [1.165, 1.54) is 25.3 Å². The fourth-order valence-electron chi connectivity index (χ4n) is 4.20. The number of carbonyl (C=O) groups excluding carboxylic acids is 1. The molecule has 1 unspecified atom stereocenters. The number of benzene rings is 3. The van der Waals surface area contributed by atoms with Crippen molar-refractivity contribution >= 4 is 23.3 Å². The summed E-state index contributed by atoms with van der Waals surface area (Å²) in [4.78, 5) is 15.9. The van der Waals surface area contributed by atoms with Gasteiger partial charge in [0.2, 0.25) is 0 Å². The minimum atomic E-state index is -0.752. The van der Waals surface area contributed by atoms with Gasteiger partial charge in [-0.2, -0.15) is 0 Å². The third-order valence-corrected chi connectivity index (χ3v) is 6.34. The zero-order valence-corrected chi connectivity index (χ0v) is 20.8. The molecule has 8 heteroatoms. The largest absolute Gasteiger partial charge is 0.465 e. The molecule has 0 fully saturated rings. The number of aryl methyl sites for hydroxylation is 1. The lowest BCUT2D eigenvalue weighted by molar-refractivity contribution is 0.0595. The van der Waals surface area contributed by atoms with E-state index >= 15 is 4.39 Å². The van der Waals surface area contributed by atoms with E-state index in [0.717, 1.165) is 11.3 Å². The molecule has 1 heterocycles. The number of rotatable bonds is 7. The van der Waals surface area contributed by atoms with Gasteiger partial charge in [-0.15, -0.1) is 0 Å². The van der Waals surface area contributed by atoms with Crippen molar-refractivity contribution in [1.82, 2.24) is 4.98 Å². The Morgan fingerprint density at radius 3 is 2.35 bits per heavy atom. The molecule has 188 valence electrons. The molecule has 0 aliphatic carbocycles. The van der Waals surface area contributed by atoms with Crippen molar-refractivity contribution in [2.45, 2.75) is 19.3 Å². The Kier molecular flexibility index (Phi) is 7.94. The number of aromatic nitrogens is 1. The Balaban J connectivity index is 1.71. The van der Waals surface area contributed by atoms with Crippen molar-refractivity contribution in [1.29, 1.82) is 0 Å². The molecule has 0 aliphatic rings. The molecule has 0 bridgehead atoms. The lowest BCUT2D eigenvalue weighted by Gasteiger charge is -2.20. The first kappa shape index (κ1) is 26.0. The van der Waals surface area contributed by atoms with Crippen molar-refractivity contribution in [3.63, 3.8) is 0 Å². The number of ether oxygens (including phenoxy) is 1. The van der Waals surface area contributed by atoms with Crippen molar-refractivity contribution in [2.24, 2.45) is 5.16 Å². The van der Waals surface area contributed by atoms with Crippen LogP contribution in [0.25, 0.3) is 11.1 Å². The van der Waals surface area contributed by atoms with E-state index in [1.807, 2.05) is 19.1 Å². The smallest absolute Gasteiger partial charge is 0.340 e. The summed E-state index contributed by atoms with van der Waals surface area (Å²) in [7, 11) is 1.19. The average molecular weight is 521 g/mol. The predicted molar refractivity (Wildman–Crippen MR) is 138 cm³/mol. The zero-order valence-electron chi connectivity index (χ0n) is 20.1. The number of methoxy groups -OCH3 is 1. The van der Waals surface area contributed by atoms with Gasteiger partial charge in [-0.1, -0.05) is 53.2 Å². The summed E-state index contributed by atoms with van der Waals surface area (Å²) in [6.07, 6.45) is 1.81. The SMILES string of the molecule is COC(=O)c1ccc(-c2ccc(C(CC(=NO)c3ccnc(C)c3)c3ccc(Cl)cc3F)cc2)cc1F. The van der Waals surface area contributed by atoms with Crippen LogP contribution in [0.2, 0.25) is 5.02 Å². The van der Waals surface area contributed by atoms with E-state index < -0.39 is 23.5 Å². The molecular weight excluding hydrogens is 498 g/mol. The topological polar surface area (TPSA) is 71.8 Å². The van der Waals surface area contributed by atoms with Gasteiger partial charge in [0.15, 0.2) is 0 Å². The Hall–Kier alpha value is -4.10. The number of hydrogen-bond donors (Lipinski definition) is 1. The Morgan fingerprint density at radius 2 is 1.73 bits per heavy atom. The number of oxime groups is 1. The van der Waals surface area contributed by atoms with Crippen LogP contribution < -0.4 is 0 Å². The third kappa shape index (κ3) is 5.84. The van der Waals surface area contributed by atoms with Crippen LogP contribution in [0.15, 0.2) is 84.1 Å². The van der Waals surface area contributed by atoms with Crippen LogP contribution in [0.3, 0.4) is 0 Å². The quantitative estimate of drug-likeness (QED) is 0.121. The van der Waals surface area contributed by atoms with E-state index in [0.29, 0.717) is 28.0 Å². The number of carbonyl (C=O) groups is 1. The fraction of sp³-hybridized carbons (Fsp3) is 0.138. The van der Waals surface area contributed by atoms with Gasteiger partial charge in [-0.05, 0) is 65.6 Å². The number of pyridine rings is 1. The second-order valence-corrected chi connectivity index (χ2v) is 8.90. The normalized spacial score (nSPS) is 12.3. The van der Waals surface area contributed by atoms with Gasteiger partial charge in [-0.3, -0.25) is 4.98 Å². The number of hydrogen-bond acceptors (Lipinski definition) is 5. The van der Waals surface area contributed by atoms with Crippen molar-refractivity contribution in [3.05, 3.63) is 124 Å². The van der Waals surface area contributed by atoms with Gasteiger partial charge >= 0.3 is 5.97 Å². The second kappa shape index (κ2) is 11.3. The lowest BCUT2D eigenvalue weighted by atomic mass is 9.84. The van der Waals surface area contributed by atoms with E-state index in [4.69, 9.17) is 11.6 Å². The molecule has 1 atom stereocenters. The molecule has 0 spiro atoms. The molecule has 0 saturated heterocycles. The maximum absolute atomic E-state index is 15.1. The molecular formula is C29H23ClF2N2O3. The van der Waals surface area contributed by atoms with E-state index in [1.54, 1.807) is 48.7 Å². The fourth-order valence-corrected chi connectivity index (χ4v) is 4.36. The highest BCUT2D eigenvalue weighted by molar-refractivity contribution is 6.30. The molecule has 4 rings (SSSR count). The van der Waals surface area contributed by atoms with E-state index in [-0.39, 0.29) is 17.0 Å². The minimum absolute atomic E-state index is 0.150. The standard InChI is InChI=1S/C29H23ClF2N2O3/c1-17-13-21(11-12-33-17)28(34-36)16-25(23-10-8-22(30)15-27(23)32)19-5-3-18(4-6-19)20-7-9-24(26(31)14-20)29(35)37-2/h3-15,25,36H,16H2,1-2H3. The summed E-state index contributed by atoms with van der Waals surface area (Å²) in [5, 5.41) is 13.6. The molecule has 1 N–H and O–H groups in total. The zero-order chi connectivity index (χ0) is 26.5. The molecule has 5 nitrogen and oxygen atoms in total. The summed E-state index contributed by atoms with van der Waals surface area (Å²) in [6, 6.07) is 19.5. The Bertz CT molecular complexity index is 1470. The monoisotopic (exact) mass is 520 g/mol. The van der Waals surface area contributed by atoms with Gasteiger partial charge in [-0.25, -0.2) is 13.6 Å². The molecule has 37 heavy (non-hydrogen) atoms. The Labute approximate surface area is 218 Å². The number of esters is 1. The van der Waals surface area contributed by atoms with Crippen LogP contribution >= 0.6 is 11.6 Å². The molecule has 1 aromatic heterocycles. The predicted octanol–water partition coefficient (Wildman–Crippen LogP) is 7.18. The third-order valence-electron chi connectivity index (χ3n) is 6.11. The number of nitrogens with zero attached hydrogens (tertiary/aromatic N) is 2. The average Bonchev–Trinajstić information content (AvgIpc) is 2.89. The number of halogens is 3. The molecule has 0 amide bonds. The highest BCUT2D eigenvalue weighted by Crippen LogP contribution is 2.34. The van der Waals surface area contributed by atoms with Crippen molar-refractivity contribution < 1.29 is 23.5 Å². The first-order valence-corrected chi connectivity index (χ1v) is 11.8. The van der Waals surface area contributed by atoms with Crippen molar-refractivity contribution in [3.8, 4) is 11.1 Å². The highest BCUT2D eigenvalue weighted by atomic mass is 35.5. The molecule has 4 aromatic rings. The first-order valence-electron chi connectivity index (χ1n) is 11.4. The van der Waals surface area contributed by atoms with Crippen LogP contribution in [0.4, 0.5) is 8.78 Å². The summed E-state index contributed by atoms with van der Waals surface area (Å²) in [5.74, 6) is -2.43. The van der Waals surface area contributed by atoms with E-state index in [2.05, 4.69) is 14.9 Å². The van der Waals surface area contributed by atoms with Gasteiger partial charge in [0, 0.05) is 34.8 Å². The second-order valence-electron chi connectivity index (χ2n) is 8.46. The summed E-state index contributed by atoms with van der Waals surface area (Å²) < 4.78 is 34.1. The van der Waals surface area contributed by atoms with Crippen LogP contribution in [0.1, 0.15) is 45.1 Å². The summed E-state index contributed by atoms with van der Waals surface area (Å²) in [6.45, 7) is 1.83. The molecule has 3 aromatic carbocycles. The summed E-state index contributed by atoms with van der Waals surface area (Å²) >= 11 is 5.99. The maximum Gasteiger partial charge on any atom is 0.340 e. The van der Waals surface area contributed by atoms with Gasteiger partial charge in [0.25, 0.3) is 0 Å². The lowest BCUT2D eigenvalue weighted by Crippen LogP contribution is -2.12. The van der Waals surface area contributed by atoms with Crippen LogP contribution in [-0.2, 0) is 4.74 Å². The summed E-state index contributed by atoms with van der Waals surface area (Å²) in [5.41, 5.74) is 4.06. The minimum Gasteiger partial charge on any atom is -0.465 e.